The highest BCUT2D eigenvalue weighted by Gasteiger charge is 2.15. The number of hydrogen-bond acceptors (Lipinski definition) is 3. The van der Waals surface area contributed by atoms with Crippen LogP contribution in [-0.4, -0.2) is 0 Å². The third-order valence-electron chi connectivity index (χ3n) is 10.4. The van der Waals surface area contributed by atoms with Crippen molar-refractivity contribution in [2.45, 2.75) is 0 Å². The molecule has 0 aliphatic heterocycles. The number of anilines is 5. The number of benzene rings is 9. The maximum atomic E-state index is 3.83. The van der Waals surface area contributed by atoms with Crippen LogP contribution in [0, 0.1) is 0 Å². The van der Waals surface area contributed by atoms with E-state index in [4.69, 9.17) is 0 Å². The van der Waals surface area contributed by atoms with Crippen molar-refractivity contribution in [3.63, 3.8) is 0 Å². The Morgan fingerprint density at radius 3 is 1.80 bits per heavy atom. The van der Waals surface area contributed by atoms with Gasteiger partial charge in [-0.2, -0.15) is 0 Å². The first-order valence-electron chi connectivity index (χ1n) is 18.7. The van der Waals surface area contributed by atoms with E-state index in [9.17, 15) is 0 Å². The van der Waals surface area contributed by atoms with Gasteiger partial charge in [0, 0.05) is 54.2 Å². The van der Waals surface area contributed by atoms with Crippen molar-refractivity contribution in [1.82, 2.24) is 0 Å². The van der Waals surface area contributed by atoms with Gasteiger partial charge in [-0.1, -0.05) is 140 Å². The summed E-state index contributed by atoms with van der Waals surface area (Å²) in [6.45, 7) is 0. The molecule has 0 bridgehead atoms. The maximum Gasteiger partial charge on any atom is 0.0478 e. The largest absolute Gasteiger partial charge is 0.355 e. The molecule has 2 nitrogen and oxygen atoms in total. The lowest BCUT2D eigenvalue weighted by Gasteiger charge is -2.26. The standard InChI is InChI=1S/C52H36N2S/c1-3-14-38(15-4-1)48-34-49-47-23-9-10-24-51(47)55-52(49)35-50(48)53-43-19-11-17-40(32-43)41-18-12-22-46(33-41)54(44-20-5-2-6-21-44)45-29-27-37(28-30-45)42-26-25-36-13-7-8-16-39(36)31-42/h1-35,53H. The van der Waals surface area contributed by atoms with Crippen LogP contribution in [-0.2, 0) is 0 Å². The molecule has 9 aromatic carbocycles. The fourth-order valence-corrected chi connectivity index (χ4v) is 8.81. The van der Waals surface area contributed by atoms with Crippen molar-refractivity contribution >= 4 is 70.7 Å². The molecule has 1 heterocycles. The molecule has 0 aliphatic rings. The van der Waals surface area contributed by atoms with Crippen molar-refractivity contribution < 1.29 is 0 Å². The Hall–Kier alpha value is -6.94. The number of para-hydroxylation sites is 1. The third-order valence-corrected chi connectivity index (χ3v) is 11.5. The van der Waals surface area contributed by atoms with Crippen molar-refractivity contribution in [2.24, 2.45) is 0 Å². The summed E-state index contributed by atoms with van der Waals surface area (Å²) in [7, 11) is 0. The normalized spacial score (nSPS) is 11.3. The molecule has 0 unspecified atom stereocenters. The summed E-state index contributed by atoms with van der Waals surface area (Å²) in [6, 6.07) is 76.4. The summed E-state index contributed by atoms with van der Waals surface area (Å²) < 4.78 is 2.58. The summed E-state index contributed by atoms with van der Waals surface area (Å²) in [5, 5.41) is 8.93. The third kappa shape index (κ3) is 6.41. The van der Waals surface area contributed by atoms with E-state index < -0.39 is 0 Å². The maximum absolute atomic E-state index is 3.83. The molecule has 0 amide bonds. The zero-order valence-corrected chi connectivity index (χ0v) is 30.9. The van der Waals surface area contributed by atoms with Crippen LogP contribution in [0.15, 0.2) is 212 Å². The molecule has 0 saturated carbocycles. The molecule has 0 fully saturated rings. The quantitative estimate of drug-likeness (QED) is 0.168. The molecule has 260 valence electrons. The van der Waals surface area contributed by atoms with Crippen LogP contribution in [0.4, 0.5) is 28.4 Å². The van der Waals surface area contributed by atoms with E-state index in [-0.39, 0.29) is 0 Å². The van der Waals surface area contributed by atoms with E-state index in [2.05, 4.69) is 223 Å². The molecule has 1 aromatic heterocycles. The van der Waals surface area contributed by atoms with E-state index in [1.165, 1.54) is 53.2 Å². The van der Waals surface area contributed by atoms with Gasteiger partial charge in [-0.25, -0.2) is 0 Å². The number of rotatable bonds is 8. The topological polar surface area (TPSA) is 15.3 Å². The first kappa shape index (κ1) is 32.7. The van der Waals surface area contributed by atoms with Crippen LogP contribution < -0.4 is 10.2 Å². The molecule has 0 aliphatic carbocycles. The van der Waals surface area contributed by atoms with Gasteiger partial charge in [0.1, 0.15) is 0 Å². The van der Waals surface area contributed by atoms with E-state index in [1.807, 2.05) is 11.3 Å². The molecule has 1 N–H and O–H groups in total. The smallest absolute Gasteiger partial charge is 0.0478 e. The molecule has 55 heavy (non-hydrogen) atoms. The summed E-state index contributed by atoms with van der Waals surface area (Å²) in [5.41, 5.74) is 12.5. The summed E-state index contributed by atoms with van der Waals surface area (Å²) in [6.07, 6.45) is 0. The number of hydrogen-bond donors (Lipinski definition) is 1. The van der Waals surface area contributed by atoms with Gasteiger partial charge in [0.05, 0.1) is 0 Å². The Balaban J connectivity index is 0.997. The number of fused-ring (bicyclic) bond motifs is 4. The van der Waals surface area contributed by atoms with Crippen molar-refractivity contribution in [3.05, 3.63) is 212 Å². The molecule has 3 heteroatoms. The molecule has 0 radical (unpaired) electrons. The van der Waals surface area contributed by atoms with Gasteiger partial charge in [-0.05, 0) is 111 Å². The van der Waals surface area contributed by atoms with Crippen molar-refractivity contribution in [3.8, 4) is 33.4 Å². The van der Waals surface area contributed by atoms with Crippen LogP contribution in [0.25, 0.3) is 64.3 Å². The molecule has 0 saturated heterocycles. The van der Waals surface area contributed by atoms with E-state index in [0.29, 0.717) is 0 Å². The Labute approximate surface area is 325 Å². The second kappa shape index (κ2) is 14.1. The minimum absolute atomic E-state index is 1.05. The average Bonchev–Trinajstić information content (AvgIpc) is 3.62. The highest BCUT2D eigenvalue weighted by Crippen LogP contribution is 2.42. The van der Waals surface area contributed by atoms with Crippen LogP contribution in [0.2, 0.25) is 0 Å². The van der Waals surface area contributed by atoms with Crippen LogP contribution in [0.3, 0.4) is 0 Å². The highest BCUT2D eigenvalue weighted by atomic mass is 32.1. The van der Waals surface area contributed by atoms with E-state index in [1.54, 1.807) is 0 Å². The molecule has 0 spiro atoms. The predicted molar refractivity (Wildman–Crippen MR) is 238 cm³/mol. The SMILES string of the molecule is c1ccc(-c2cc3c(cc2Nc2cccc(-c4cccc(N(c5ccccc5)c5ccc(-c6ccc7ccccc7c6)cc5)c4)c2)sc2ccccc23)cc1. The second-order valence-electron chi connectivity index (χ2n) is 13.9. The van der Waals surface area contributed by atoms with Gasteiger partial charge in [0.15, 0.2) is 0 Å². The summed E-state index contributed by atoms with van der Waals surface area (Å²) in [4.78, 5) is 2.34. The van der Waals surface area contributed by atoms with Gasteiger partial charge >= 0.3 is 0 Å². The zero-order valence-electron chi connectivity index (χ0n) is 30.1. The number of nitrogens with one attached hydrogen (secondary N) is 1. The Bertz CT molecular complexity index is 2950. The molecule has 10 aromatic rings. The van der Waals surface area contributed by atoms with E-state index in [0.717, 1.165) is 39.6 Å². The fourth-order valence-electron chi connectivity index (χ4n) is 7.68. The first-order valence-corrected chi connectivity index (χ1v) is 19.5. The summed E-state index contributed by atoms with van der Waals surface area (Å²) >= 11 is 1.85. The van der Waals surface area contributed by atoms with Crippen LogP contribution in [0.1, 0.15) is 0 Å². The zero-order chi connectivity index (χ0) is 36.6. The molecular weight excluding hydrogens is 685 g/mol. The van der Waals surface area contributed by atoms with Gasteiger partial charge in [0.25, 0.3) is 0 Å². The second-order valence-corrected chi connectivity index (χ2v) is 15.0. The van der Waals surface area contributed by atoms with Gasteiger partial charge in [-0.15, -0.1) is 11.3 Å². The number of nitrogens with zero attached hydrogens (tertiary/aromatic N) is 1. The van der Waals surface area contributed by atoms with E-state index >= 15 is 0 Å². The van der Waals surface area contributed by atoms with Gasteiger partial charge in [-0.3, -0.25) is 0 Å². The molecule has 0 atom stereocenters. The minimum atomic E-state index is 1.05. The lowest BCUT2D eigenvalue weighted by molar-refractivity contribution is 1.28. The lowest BCUT2D eigenvalue weighted by atomic mass is 9.99. The fraction of sp³-hybridized carbons (Fsp3) is 0. The molecule has 10 rings (SSSR count). The highest BCUT2D eigenvalue weighted by molar-refractivity contribution is 7.25. The minimum Gasteiger partial charge on any atom is -0.355 e. The Morgan fingerprint density at radius 1 is 0.345 bits per heavy atom. The predicted octanol–water partition coefficient (Wildman–Crippen LogP) is 15.4. The van der Waals surface area contributed by atoms with Crippen molar-refractivity contribution in [2.75, 3.05) is 10.2 Å². The Kier molecular flexibility index (Phi) is 8.40. The Morgan fingerprint density at radius 2 is 0.964 bits per heavy atom. The van der Waals surface area contributed by atoms with Crippen LogP contribution >= 0.6 is 11.3 Å². The first-order chi connectivity index (χ1) is 27.2. The molecular formula is C52H36N2S. The van der Waals surface area contributed by atoms with Crippen LogP contribution in [0.5, 0.6) is 0 Å². The number of thiophene rings is 1. The van der Waals surface area contributed by atoms with Gasteiger partial charge < -0.3 is 10.2 Å². The van der Waals surface area contributed by atoms with Gasteiger partial charge in [0.2, 0.25) is 0 Å². The monoisotopic (exact) mass is 720 g/mol. The average molecular weight is 721 g/mol. The van der Waals surface area contributed by atoms with Crippen molar-refractivity contribution in [1.29, 1.82) is 0 Å². The summed E-state index contributed by atoms with van der Waals surface area (Å²) in [5.74, 6) is 0. The lowest BCUT2D eigenvalue weighted by Crippen LogP contribution is -2.09.